The first-order valence-corrected chi connectivity index (χ1v) is 5.88. The molecule has 0 aliphatic heterocycles. The van der Waals surface area contributed by atoms with Crippen molar-refractivity contribution in [3.8, 4) is 0 Å². The number of ketones is 1. The molecule has 2 N–H and O–H groups in total. The molecule has 0 bridgehead atoms. The fraction of sp³-hybridized carbons (Fsp3) is 0.286. The Hall–Kier alpha value is -1.94. The van der Waals surface area contributed by atoms with E-state index in [1.807, 2.05) is 38.1 Å². The summed E-state index contributed by atoms with van der Waals surface area (Å²) in [6, 6.07) is 9.09. The number of Topliss-reactive ketones (excluding diaryl/α,β-unsaturated/α-hetero) is 1. The van der Waals surface area contributed by atoms with Crippen LogP contribution in [0.5, 0.6) is 0 Å². The van der Waals surface area contributed by atoms with Gasteiger partial charge in [0.1, 0.15) is 12.3 Å². The van der Waals surface area contributed by atoms with E-state index in [-0.39, 0.29) is 18.5 Å². The SMILES string of the molecule is CC(C)OCC(=O)c1cc(N)c2ccccc2n1. The molecule has 0 aliphatic carbocycles. The van der Waals surface area contributed by atoms with E-state index in [0.717, 1.165) is 10.9 Å². The first-order chi connectivity index (χ1) is 8.58. The van der Waals surface area contributed by atoms with Crippen molar-refractivity contribution in [2.24, 2.45) is 0 Å². The third-order valence-electron chi connectivity index (χ3n) is 2.58. The lowest BCUT2D eigenvalue weighted by Crippen LogP contribution is -2.15. The molecule has 0 aliphatic rings. The molecule has 0 spiro atoms. The van der Waals surface area contributed by atoms with Crippen LogP contribution in [0.4, 0.5) is 5.69 Å². The highest BCUT2D eigenvalue weighted by Gasteiger charge is 2.11. The fourth-order valence-corrected chi connectivity index (χ4v) is 1.66. The normalized spacial score (nSPS) is 11.1. The quantitative estimate of drug-likeness (QED) is 0.839. The number of carbonyl (C=O) groups is 1. The highest BCUT2D eigenvalue weighted by atomic mass is 16.5. The maximum Gasteiger partial charge on any atom is 0.206 e. The highest BCUT2D eigenvalue weighted by molar-refractivity contribution is 6.00. The molecule has 94 valence electrons. The zero-order valence-corrected chi connectivity index (χ0v) is 10.5. The monoisotopic (exact) mass is 244 g/mol. The van der Waals surface area contributed by atoms with Crippen LogP contribution in [0.25, 0.3) is 10.9 Å². The van der Waals surface area contributed by atoms with Crippen LogP contribution in [0, 0.1) is 0 Å². The van der Waals surface area contributed by atoms with E-state index in [1.54, 1.807) is 6.07 Å². The van der Waals surface area contributed by atoms with Gasteiger partial charge in [0.25, 0.3) is 0 Å². The Morgan fingerprint density at radius 2 is 2.11 bits per heavy atom. The lowest BCUT2D eigenvalue weighted by atomic mass is 10.1. The van der Waals surface area contributed by atoms with Gasteiger partial charge in [-0.2, -0.15) is 0 Å². The standard InChI is InChI=1S/C14H16N2O2/c1-9(2)18-8-14(17)13-7-11(15)10-5-3-4-6-12(10)16-13/h3-7,9H,8H2,1-2H3,(H2,15,16). The molecule has 1 heterocycles. The first kappa shape index (κ1) is 12.5. The summed E-state index contributed by atoms with van der Waals surface area (Å²) < 4.78 is 5.28. The molecule has 2 rings (SSSR count). The fourth-order valence-electron chi connectivity index (χ4n) is 1.66. The number of carbonyl (C=O) groups excluding carboxylic acids is 1. The predicted octanol–water partition coefficient (Wildman–Crippen LogP) is 2.42. The molecule has 0 saturated heterocycles. The van der Waals surface area contributed by atoms with Crippen LogP contribution in [0.2, 0.25) is 0 Å². The molecule has 2 aromatic rings. The van der Waals surface area contributed by atoms with Crippen LogP contribution >= 0.6 is 0 Å². The molecule has 0 fully saturated rings. The Bertz CT molecular complexity index is 579. The number of nitrogen functional groups attached to an aromatic ring is 1. The van der Waals surface area contributed by atoms with Gasteiger partial charge in [0, 0.05) is 11.1 Å². The van der Waals surface area contributed by atoms with Gasteiger partial charge < -0.3 is 10.5 Å². The molecule has 18 heavy (non-hydrogen) atoms. The molecule has 1 aromatic carbocycles. The Labute approximate surface area is 106 Å². The van der Waals surface area contributed by atoms with Crippen LogP contribution < -0.4 is 5.73 Å². The zero-order chi connectivity index (χ0) is 13.1. The predicted molar refractivity (Wildman–Crippen MR) is 71.6 cm³/mol. The molecule has 4 heteroatoms. The number of hydrogen-bond donors (Lipinski definition) is 1. The van der Waals surface area contributed by atoms with E-state index in [2.05, 4.69) is 4.98 Å². The number of nitrogens with two attached hydrogens (primary N) is 1. The van der Waals surface area contributed by atoms with E-state index in [9.17, 15) is 4.79 Å². The number of rotatable bonds is 4. The number of ether oxygens (including phenoxy) is 1. The number of pyridine rings is 1. The van der Waals surface area contributed by atoms with Gasteiger partial charge in [-0.15, -0.1) is 0 Å². The molecular weight excluding hydrogens is 228 g/mol. The van der Waals surface area contributed by atoms with Crippen molar-refractivity contribution < 1.29 is 9.53 Å². The molecule has 4 nitrogen and oxygen atoms in total. The summed E-state index contributed by atoms with van der Waals surface area (Å²) in [7, 11) is 0. The van der Waals surface area contributed by atoms with Crippen LogP contribution in [0.15, 0.2) is 30.3 Å². The second kappa shape index (κ2) is 5.14. The van der Waals surface area contributed by atoms with Gasteiger partial charge in [-0.05, 0) is 26.0 Å². The lowest BCUT2D eigenvalue weighted by Gasteiger charge is -2.08. The number of para-hydroxylation sites is 1. The summed E-state index contributed by atoms with van der Waals surface area (Å²) >= 11 is 0. The van der Waals surface area contributed by atoms with Gasteiger partial charge in [-0.1, -0.05) is 18.2 Å². The molecule has 0 atom stereocenters. The minimum Gasteiger partial charge on any atom is -0.398 e. The van der Waals surface area contributed by atoms with Crippen molar-refractivity contribution in [2.45, 2.75) is 20.0 Å². The van der Waals surface area contributed by atoms with Crippen LogP contribution in [0.1, 0.15) is 24.3 Å². The van der Waals surface area contributed by atoms with Crippen LogP contribution in [0.3, 0.4) is 0 Å². The number of nitrogens with zero attached hydrogens (tertiary/aromatic N) is 1. The molecule has 0 amide bonds. The van der Waals surface area contributed by atoms with Crippen molar-refractivity contribution >= 4 is 22.4 Å². The number of aromatic nitrogens is 1. The van der Waals surface area contributed by atoms with Crippen molar-refractivity contribution in [1.82, 2.24) is 4.98 Å². The van der Waals surface area contributed by atoms with E-state index >= 15 is 0 Å². The van der Waals surface area contributed by atoms with E-state index in [1.165, 1.54) is 0 Å². The lowest BCUT2D eigenvalue weighted by molar-refractivity contribution is 0.0581. The largest absolute Gasteiger partial charge is 0.398 e. The maximum atomic E-state index is 11.9. The minimum absolute atomic E-state index is 0.0201. The van der Waals surface area contributed by atoms with Crippen molar-refractivity contribution in [3.63, 3.8) is 0 Å². The summed E-state index contributed by atoms with van der Waals surface area (Å²) in [6.07, 6.45) is 0.0201. The van der Waals surface area contributed by atoms with Gasteiger partial charge >= 0.3 is 0 Å². The summed E-state index contributed by atoms with van der Waals surface area (Å²) in [5, 5.41) is 0.860. The van der Waals surface area contributed by atoms with Gasteiger partial charge in [0.15, 0.2) is 0 Å². The average Bonchev–Trinajstić information content (AvgIpc) is 2.36. The summed E-state index contributed by atoms with van der Waals surface area (Å²) in [6.45, 7) is 3.80. The Morgan fingerprint density at radius 1 is 1.39 bits per heavy atom. The zero-order valence-electron chi connectivity index (χ0n) is 10.5. The van der Waals surface area contributed by atoms with E-state index in [4.69, 9.17) is 10.5 Å². The summed E-state index contributed by atoms with van der Waals surface area (Å²) in [4.78, 5) is 16.2. The van der Waals surface area contributed by atoms with Crippen molar-refractivity contribution in [1.29, 1.82) is 0 Å². The topological polar surface area (TPSA) is 65.2 Å². The molecule has 0 saturated carbocycles. The second-order valence-electron chi connectivity index (χ2n) is 4.40. The van der Waals surface area contributed by atoms with Gasteiger partial charge in [0.2, 0.25) is 5.78 Å². The minimum atomic E-state index is -0.152. The Morgan fingerprint density at radius 3 is 2.83 bits per heavy atom. The molecule has 0 unspecified atom stereocenters. The average molecular weight is 244 g/mol. The summed E-state index contributed by atoms with van der Waals surface area (Å²) in [5.74, 6) is -0.152. The third kappa shape index (κ3) is 2.65. The van der Waals surface area contributed by atoms with Crippen LogP contribution in [-0.4, -0.2) is 23.5 Å². The van der Waals surface area contributed by atoms with Crippen molar-refractivity contribution in [2.75, 3.05) is 12.3 Å². The maximum absolute atomic E-state index is 11.9. The van der Waals surface area contributed by atoms with Gasteiger partial charge in [-0.25, -0.2) is 4.98 Å². The third-order valence-corrected chi connectivity index (χ3v) is 2.58. The molecule has 1 aromatic heterocycles. The number of anilines is 1. The second-order valence-corrected chi connectivity index (χ2v) is 4.40. The van der Waals surface area contributed by atoms with Crippen LogP contribution in [-0.2, 0) is 4.74 Å². The Kier molecular flexibility index (Phi) is 3.58. The smallest absolute Gasteiger partial charge is 0.206 e. The van der Waals surface area contributed by atoms with Crippen molar-refractivity contribution in [3.05, 3.63) is 36.0 Å². The van der Waals surface area contributed by atoms with E-state index in [0.29, 0.717) is 11.4 Å². The summed E-state index contributed by atoms with van der Waals surface area (Å²) in [5.41, 5.74) is 7.56. The highest BCUT2D eigenvalue weighted by Crippen LogP contribution is 2.20. The first-order valence-electron chi connectivity index (χ1n) is 5.88. The number of benzene rings is 1. The van der Waals surface area contributed by atoms with Gasteiger partial charge in [-0.3, -0.25) is 4.79 Å². The Balaban J connectivity index is 2.31. The number of fused-ring (bicyclic) bond motifs is 1. The van der Waals surface area contributed by atoms with Gasteiger partial charge in [0.05, 0.1) is 11.6 Å². The molecular formula is C14H16N2O2. The van der Waals surface area contributed by atoms with E-state index < -0.39 is 0 Å². The molecule has 0 radical (unpaired) electrons. The number of hydrogen-bond acceptors (Lipinski definition) is 4.